The summed E-state index contributed by atoms with van der Waals surface area (Å²) >= 11 is 0. The third-order valence-electron chi connectivity index (χ3n) is 4.11. The minimum Gasteiger partial charge on any atom is -0.337 e. The molecule has 0 radical (unpaired) electrons. The highest BCUT2D eigenvalue weighted by Gasteiger charge is 2.25. The van der Waals surface area contributed by atoms with Gasteiger partial charge in [-0.05, 0) is 24.9 Å². The molecule has 1 aromatic carbocycles. The number of carbonyl (C=O) groups is 1. The fourth-order valence-corrected chi connectivity index (χ4v) is 2.87. The number of nitrogens with zero attached hydrogens (tertiary/aromatic N) is 3. The summed E-state index contributed by atoms with van der Waals surface area (Å²) in [6, 6.07) is 10.3. The van der Waals surface area contributed by atoms with Crippen LogP contribution in [0.25, 0.3) is 0 Å². The van der Waals surface area contributed by atoms with Crippen LogP contribution in [0.1, 0.15) is 24.2 Å². The smallest absolute Gasteiger partial charge is 0.239 e. The molecule has 2 heterocycles. The van der Waals surface area contributed by atoms with Gasteiger partial charge in [0.15, 0.2) is 0 Å². The molecular weight excluding hydrogens is 276 g/mol. The van der Waals surface area contributed by atoms with Gasteiger partial charge in [-0.25, -0.2) is 4.98 Å². The van der Waals surface area contributed by atoms with Crippen LogP contribution >= 0.6 is 0 Å². The van der Waals surface area contributed by atoms with Crippen LogP contribution in [0.5, 0.6) is 0 Å². The Morgan fingerprint density at radius 2 is 2.23 bits per heavy atom. The van der Waals surface area contributed by atoms with Crippen LogP contribution in [0.2, 0.25) is 0 Å². The molecular formula is C17H22N4O. The van der Waals surface area contributed by atoms with Crippen molar-refractivity contribution in [3.63, 3.8) is 0 Å². The van der Waals surface area contributed by atoms with Crippen molar-refractivity contribution >= 4 is 5.91 Å². The molecule has 22 heavy (non-hydrogen) atoms. The number of carbonyl (C=O) groups excluding carboxylic acids is 1. The molecule has 5 nitrogen and oxygen atoms in total. The van der Waals surface area contributed by atoms with Crippen LogP contribution in [-0.2, 0) is 17.9 Å². The lowest BCUT2D eigenvalue weighted by Gasteiger charge is -2.21. The van der Waals surface area contributed by atoms with Gasteiger partial charge in [0, 0.05) is 26.0 Å². The second kappa shape index (κ2) is 6.75. The summed E-state index contributed by atoms with van der Waals surface area (Å²) in [5.41, 5.74) is 1.23. The fraction of sp³-hybridized carbons (Fsp3) is 0.412. The van der Waals surface area contributed by atoms with Crippen LogP contribution < -0.4 is 5.32 Å². The predicted octanol–water partition coefficient (Wildman–Crippen LogP) is 1.64. The highest BCUT2D eigenvalue weighted by molar-refractivity contribution is 5.81. The van der Waals surface area contributed by atoms with Crippen molar-refractivity contribution in [2.75, 3.05) is 13.6 Å². The van der Waals surface area contributed by atoms with Gasteiger partial charge in [-0.1, -0.05) is 30.3 Å². The molecule has 0 spiro atoms. The maximum Gasteiger partial charge on any atom is 0.239 e. The molecule has 1 aliphatic heterocycles. The van der Waals surface area contributed by atoms with E-state index < -0.39 is 0 Å². The van der Waals surface area contributed by atoms with E-state index in [2.05, 4.69) is 27.0 Å². The minimum atomic E-state index is -0.0254. The molecule has 1 atom stereocenters. The lowest BCUT2D eigenvalue weighted by atomic mass is 10.2. The first kappa shape index (κ1) is 14.8. The van der Waals surface area contributed by atoms with E-state index in [9.17, 15) is 4.79 Å². The molecule has 1 amide bonds. The molecule has 5 heteroatoms. The van der Waals surface area contributed by atoms with E-state index in [1.807, 2.05) is 31.4 Å². The molecule has 116 valence electrons. The first-order chi connectivity index (χ1) is 10.7. The molecule has 2 aromatic rings. The van der Waals surface area contributed by atoms with Crippen molar-refractivity contribution in [3.8, 4) is 0 Å². The van der Waals surface area contributed by atoms with E-state index in [0.29, 0.717) is 6.54 Å². The summed E-state index contributed by atoms with van der Waals surface area (Å²) in [5, 5.41) is 3.25. The van der Waals surface area contributed by atoms with E-state index in [1.165, 1.54) is 5.56 Å². The van der Waals surface area contributed by atoms with Gasteiger partial charge in [0.05, 0.1) is 12.6 Å². The van der Waals surface area contributed by atoms with Crippen LogP contribution in [0.15, 0.2) is 42.7 Å². The quantitative estimate of drug-likeness (QED) is 0.913. The van der Waals surface area contributed by atoms with Gasteiger partial charge in [-0.3, -0.25) is 4.79 Å². The molecule has 1 fully saturated rings. The monoisotopic (exact) mass is 298 g/mol. The molecule has 3 rings (SSSR count). The van der Waals surface area contributed by atoms with Crippen LogP contribution in [-0.4, -0.2) is 40.0 Å². The average molecular weight is 298 g/mol. The van der Waals surface area contributed by atoms with Crippen molar-refractivity contribution in [2.45, 2.75) is 32.0 Å². The van der Waals surface area contributed by atoms with Crippen LogP contribution in [0.3, 0.4) is 0 Å². The number of hydrogen-bond donors (Lipinski definition) is 1. The molecule has 0 bridgehead atoms. The Hall–Kier alpha value is -2.14. The summed E-state index contributed by atoms with van der Waals surface area (Å²) in [6.45, 7) is 2.25. The summed E-state index contributed by atoms with van der Waals surface area (Å²) in [4.78, 5) is 18.5. The lowest BCUT2D eigenvalue weighted by molar-refractivity contribution is -0.132. The Balaban J connectivity index is 1.65. The molecule has 0 aliphatic carbocycles. The van der Waals surface area contributed by atoms with Crippen molar-refractivity contribution in [2.24, 2.45) is 0 Å². The second-order valence-corrected chi connectivity index (χ2v) is 5.80. The maximum absolute atomic E-state index is 12.4. The Kier molecular flexibility index (Phi) is 4.53. The van der Waals surface area contributed by atoms with Crippen molar-refractivity contribution in [1.82, 2.24) is 19.8 Å². The number of rotatable bonds is 5. The number of benzene rings is 1. The average Bonchev–Trinajstić information content (AvgIpc) is 3.20. The first-order valence-electron chi connectivity index (χ1n) is 7.76. The number of imidazole rings is 1. The molecule has 1 aliphatic rings. The van der Waals surface area contributed by atoms with Gasteiger partial charge < -0.3 is 14.8 Å². The summed E-state index contributed by atoms with van der Waals surface area (Å²) in [7, 11) is 1.85. The number of aromatic nitrogens is 2. The van der Waals surface area contributed by atoms with Crippen molar-refractivity contribution in [1.29, 1.82) is 0 Å². The third kappa shape index (κ3) is 3.36. The zero-order valence-electron chi connectivity index (χ0n) is 12.9. The molecule has 1 N–H and O–H groups in total. The van der Waals surface area contributed by atoms with E-state index in [0.717, 1.165) is 31.8 Å². The van der Waals surface area contributed by atoms with Gasteiger partial charge in [0.2, 0.25) is 5.91 Å². The number of likely N-dealkylation sites (N-methyl/N-ethyl adjacent to an activating group) is 1. The van der Waals surface area contributed by atoms with E-state index in [4.69, 9.17) is 0 Å². The molecule has 1 saturated heterocycles. The Bertz CT molecular complexity index is 617. The number of nitrogens with one attached hydrogen (secondary N) is 1. The Labute approximate surface area is 131 Å². The minimum absolute atomic E-state index is 0.0254. The number of hydrogen-bond acceptors (Lipinski definition) is 3. The van der Waals surface area contributed by atoms with E-state index >= 15 is 0 Å². The zero-order valence-corrected chi connectivity index (χ0v) is 12.9. The molecule has 0 saturated carbocycles. The lowest BCUT2D eigenvalue weighted by Crippen LogP contribution is -2.41. The Morgan fingerprint density at radius 1 is 1.41 bits per heavy atom. The summed E-state index contributed by atoms with van der Waals surface area (Å²) < 4.78 is 2.10. The largest absolute Gasteiger partial charge is 0.337 e. The van der Waals surface area contributed by atoms with Crippen molar-refractivity contribution in [3.05, 3.63) is 54.1 Å². The Morgan fingerprint density at radius 3 is 2.95 bits per heavy atom. The number of amides is 1. The van der Waals surface area contributed by atoms with Gasteiger partial charge in [-0.15, -0.1) is 0 Å². The van der Waals surface area contributed by atoms with Gasteiger partial charge in [0.25, 0.3) is 0 Å². The topological polar surface area (TPSA) is 50.2 Å². The van der Waals surface area contributed by atoms with Crippen molar-refractivity contribution < 1.29 is 4.79 Å². The third-order valence-corrected chi connectivity index (χ3v) is 4.11. The van der Waals surface area contributed by atoms with E-state index in [1.54, 1.807) is 11.1 Å². The highest BCUT2D eigenvalue weighted by Crippen LogP contribution is 2.11. The fourth-order valence-electron chi connectivity index (χ4n) is 2.87. The maximum atomic E-state index is 12.4. The standard InChI is InChI=1S/C17H22N4O/c1-20(17(22)15-8-5-9-18-15)13-16-19-10-11-21(16)12-14-6-3-2-4-7-14/h2-4,6-7,10-11,15,18H,5,8-9,12-13H2,1H3. The van der Waals surface area contributed by atoms with E-state index in [-0.39, 0.29) is 11.9 Å². The summed E-state index contributed by atoms with van der Waals surface area (Å²) in [5.74, 6) is 1.07. The molecule has 1 aromatic heterocycles. The predicted molar refractivity (Wildman–Crippen MR) is 85.3 cm³/mol. The molecule has 1 unspecified atom stereocenters. The zero-order chi connectivity index (χ0) is 15.4. The SMILES string of the molecule is CN(Cc1nccn1Cc1ccccc1)C(=O)C1CCCN1. The first-order valence-corrected chi connectivity index (χ1v) is 7.76. The second-order valence-electron chi connectivity index (χ2n) is 5.80. The van der Waals surface area contributed by atoms with Gasteiger partial charge in [-0.2, -0.15) is 0 Å². The van der Waals surface area contributed by atoms with Gasteiger partial charge >= 0.3 is 0 Å². The highest BCUT2D eigenvalue weighted by atomic mass is 16.2. The van der Waals surface area contributed by atoms with Gasteiger partial charge in [0.1, 0.15) is 5.82 Å². The van der Waals surface area contributed by atoms with Crippen LogP contribution in [0, 0.1) is 0 Å². The summed E-state index contributed by atoms with van der Waals surface area (Å²) in [6.07, 6.45) is 5.77. The van der Waals surface area contributed by atoms with Crippen LogP contribution in [0.4, 0.5) is 0 Å². The normalized spacial score (nSPS) is 17.6.